The summed E-state index contributed by atoms with van der Waals surface area (Å²) < 4.78 is 0. The first kappa shape index (κ1) is 13.3. The van der Waals surface area contributed by atoms with Crippen molar-refractivity contribution in [2.24, 2.45) is 0 Å². The van der Waals surface area contributed by atoms with Gasteiger partial charge in [-0.15, -0.1) is 0 Å². The molecule has 0 bridgehead atoms. The molecule has 1 fully saturated rings. The van der Waals surface area contributed by atoms with Gasteiger partial charge >= 0.3 is 0 Å². The predicted molar refractivity (Wildman–Crippen MR) is 69.7 cm³/mol. The average Bonchev–Trinajstić information content (AvgIpc) is 2.25. The van der Waals surface area contributed by atoms with Crippen LogP contribution < -0.4 is 0 Å². The summed E-state index contributed by atoms with van der Waals surface area (Å²) in [5, 5.41) is 10.3. The van der Waals surface area contributed by atoms with Gasteiger partial charge in [-0.25, -0.2) is 4.98 Å². The lowest BCUT2D eigenvalue weighted by Gasteiger charge is -2.36. The number of piperidine rings is 1. The van der Waals surface area contributed by atoms with Crippen LogP contribution in [0.25, 0.3) is 0 Å². The lowest BCUT2D eigenvalue weighted by atomic mass is 9.94. The fourth-order valence-electron chi connectivity index (χ4n) is 2.33. The first-order chi connectivity index (χ1) is 8.37. The zero-order chi connectivity index (χ0) is 13.3. The number of hydrogen-bond acceptors (Lipinski definition) is 3. The largest absolute Gasteiger partial charge is 0.388 e. The lowest BCUT2D eigenvalue weighted by Crippen LogP contribution is -2.48. The summed E-state index contributed by atoms with van der Waals surface area (Å²) in [5.41, 5.74) is 0.458. The number of amides is 1. The summed E-state index contributed by atoms with van der Waals surface area (Å²) in [7, 11) is 0. The van der Waals surface area contributed by atoms with Crippen LogP contribution in [0, 0.1) is 6.92 Å². The molecule has 2 rings (SSSR count). The molecule has 1 aromatic heterocycles. The van der Waals surface area contributed by atoms with Gasteiger partial charge in [0.2, 0.25) is 0 Å². The van der Waals surface area contributed by atoms with Gasteiger partial charge in [-0.1, -0.05) is 11.6 Å². The topological polar surface area (TPSA) is 53.4 Å². The Balaban J connectivity index is 2.20. The molecular weight excluding hydrogens is 252 g/mol. The highest BCUT2D eigenvalue weighted by atomic mass is 35.5. The van der Waals surface area contributed by atoms with E-state index in [1.54, 1.807) is 30.9 Å². The Hall–Kier alpha value is -1.13. The number of carbonyl (C=O) groups is 1. The van der Waals surface area contributed by atoms with Crippen molar-refractivity contribution in [3.8, 4) is 0 Å². The number of β-amino-alcohol motifs (C(OH)–C–C–N with tert-alkyl or cyclic N) is 1. The van der Waals surface area contributed by atoms with E-state index in [0.717, 1.165) is 18.5 Å². The quantitative estimate of drug-likeness (QED) is 0.793. The van der Waals surface area contributed by atoms with Crippen molar-refractivity contribution < 1.29 is 9.90 Å². The van der Waals surface area contributed by atoms with Crippen molar-refractivity contribution in [2.75, 3.05) is 13.1 Å². The van der Waals surface area contributed by atoms with Gasteiger partial charge in [0.15, 0.2) is 0 Å². The van der Waals surface area contributed by atoms with Gasteiger partial charge in [-0.3, -0.25) is 4.79 Å². The van der Waals surface area contributed by atoms with E-state index in [-0.39, 0.29) is 5.91 Å². The first-order valence-corrected chi connectivity index (χ1v) is 6.41. The molecule has 1 N–H and O–H groups in total. The van der Waals surface area contributed by atoms with Crippen molar-refractivity contribution in [3.05, 3.63) is 28.5 Å². The van der Waals surface area contributed by atoms with Gasteiger partial charge < -0.3 is 10.0 Å². The number of likely N-dealkylation sites (tertiary alicyclic amines) is 1. The second kappa shape index (κ2) is 4.86. The van der Waals surface area contributed by atoms with Crippen LogP contribution in [0.2, 0.25) is 5.15 Å². The molecule has 18 heavy (non-hydrogen) atoms. The van der Waals surface area contributed by atoms with Crippen LogP contribution in [-0.2, 0) is 0 Å². The smallest absolute Gasteiger partial charge is 0.254 e. The predicted octanol–water partition coefficient (Wildman–Crippen LogP) is 2.03. The van der Waals surface area contributed by atoms with Gasteiger partial charge in [0, 0.05) is 24.3 Å². The number of aliphatic hydroxyl groups is 1. The molecule has 1 atom stereocenters. The standard InChI is InChI=1S/C13H17ClN2O2/c1-9-6-10(7-11(14)15-9)12(17)16-5-3-4-13(2,18)8-16/h6-7,18H,3-5,8H2,1-2H3. The number of carbonyl (C=O) groups excluding carboxylic acids is 1. The fraction of sp³-hybridized carbons (Fsp3) is 0.538. The molecule has 1 saturated heterocycles. The zero-order valence-electron chi connectivity index (χ0n) is 10.6. The second-order valence-electron chi connectivity index (χ2n) is 5.15. The summed E-state index contributed by atoms with van der Waals surface area (Å²) in [6.45, 7) is 4.60. The molecule has 1 unspecified atom stereocenters. The van der Waals surface area contributed by atoms with Gasteiger partial charge in [-0.2, -0.15) is 0 Å². The molecule has 4 nitrogen and oxygen atoms in total. The average molecular weight is 269 g/mol. The minimum atomic E-state index is -0.792. The van der Waals surface area contributed by atoms with Gasteiger partial charge in [-0.05, 0) is 38.8 Å². The molecule has 0 aromatic carbocycles. The van der Waals surface area contributed by atoms with Crippen molar-refractivity contribution >= 4 is 17.5 Å². The molecule has 1 aromatic rings. The Labute approximate surface area is 112 Å². The molecule has 0 saturated carbocycles. The highest BCUT2D eigenvalue weighted by Crippen LogP contribution is 2.22. The third-order valence-electron chi connectivity index (χ3n) is 3.13. The molecule has 98 valence electrons. The summed E-state index contributed by atoms with van der Waals surface area (Å²) >= 11 is 5.86. The number of halogens is 1. The zero-order valence-corrected chi connectivity index (χ0v) is 11.4. The molecular formula is C13H17ClN2O2. The van der Waals surface area contributed by atoms with E-state index in [4.69, 9.17) is 11.6 Å². The monoisotopic (exact) mass is 268 g/mol. The van der Waals surface area contributed by atoms with E-state index in [9.17, 15) is 9.90 Å². The lowest BCUT2D eigenvalue weighted by molar-refractivity contribution is -0.0107. The van der Waals surface area contributed by atoms with E-state index in [2.05, 4.69) is 4.98 Å². The summed E-state index contributed by atoms with van der Waals surface area (Å²) in [6.07, 6.45) is 1.55. The van der Waals surface area contributed by atoms with Crippen LogP contribution in [0.15, 0.2) is 12.1 Å². The number of aromatic nitrogens is 1. The molecule has 0 spiro atoms. The Morgan fingerprint density at radius 2 is 2.28 bits per heavy atom. The number of rotatable bonds is 1. The second-order valence-corrected chi connectivity index (χ2v) is 5.53. The normalized spacial score (nSPS) is 24.1. The molecule has 1 aliphatic rings. The van der Waals surface area contributed by atoms with Crippen molar-refractivity contribution in [1.29, 1.82) is 0 Å². The minimum absolute atomic E-state index is 0.0950. The maximum Gasteiger partial charge on any atom is 0.254 e. The summed E-state index contributed by atoms with van der Waals surface area (Å²) in [6, 6.07) is 3.29. The number of aryl methyl sites for hydroxylation is 1. The highest BCUT2D eigenvalue weighted by molar-refractivity contribution is 6.29. The van der Waals surface area contributed by atoms with E-state index < -0.39 is 5.60 Å². The maximum atomic E-state index is 12.3. The molecule has 5 heteroatoms. The molecule has 1 amide bonds. The Bertz CT molecular complexity index is 454. The summed E-state index contributed by atoms with van der Waals surface area (Å²) in [5.74, 6) is -0.0950. The number of pyridine rings is 1. The Kier molecular flexibility index (Phi) is 3.59. The summed E-state index contributed by atoms with van der Waals surface area (Å²) in [4.78, 5) is 18.0. The van der Waals surface area contributed by atoms with Gasteiger partial charge in [0.05, 0.1) is 5.60 Å². The van der Waals surface area contributed by atoms with E-state index in [1.165, 1.54) is 0 Å². The van der Waals surface area contributed by atoms with Crippen molar-refractivity contribution in [2.45, 2.75) is 32.3 Å². The van der Waals surface area contributed by atoms with Crippen LogP contribution in [0.3, 0.4) is 0 Å². The molecule has 0 radical (unpaired) electrons. The van der Waals surface area contributed by atoms with E-state index >= 15 is 0 Å². The van der Waals surface area contributed by atoms with Crippen LogP contribution in [0.4, 0.5) is 0 Å². The van der Waals surface area contributed by atoms with Crippen LogP contribution in [0.1, 0.15) is 35.8 Å². The highest BCUT2D eigenvalue weighted by Gasteiger charge is 2.31. The van der Waals surface area contributed by atoms with E-state index in [1.807, 2.05) is 0 Å². The number of nitrogens with zero attached hydrogens (tertiary/aromatic N) is 2. The van der Waals surface area contributed by atoms with Gasteiger partial charge in [0.25, 0.3) is 5.91 Å². The third kappa shape index (κ3) is 3.00. The van der Waals surface area contributed by atoms with Crippen LogP contribution in [-0.4, -0.2) is 39.6 Å². The SMILES string of the molecule is Cc1cc(C(=O)N2CCCC(C)(O)C2)cc(Cl)n1. The van der Waals surface area contributed by atoms with E-state index in [0.29, 0.717) is 23.8 Å². The van der Waals surface area contributed by atoms with Crippen molar-refractivity contribution in [3.63, 3.8) is 0 Å². The first-order valence-electron chi connectivity index (χ1n) is 6.03. The minimum Gasteiger partial charge on any atom is -0.388 e. The third-order valence-corrected chi connectivity index (χ3v) is 3.32. The van der Waals surface area contributed by atoms with Crippen LogP contribution in [0.5, 0.6) is 0 Å². The molecule has 0 aliphatic carbocycles. The van der Waals surface area contributed by atoms with Crippen LogP contribution >= 0.6 is 11.6 Å². The number of hydrogen-bond donors (Lipinski definition) is 1. The maximum absolute atomic E-state index is 12.3. The Morgan fingerprint density at radius 1 is 1.56 bits per heavy atom. The fourth-order valence-corrected chi connectivity index (χ4v) is 2.58. The molecule has 1 aliphatic heterocycles. The molecule has 2 heterocycles. The van der Waals surface area contributed by atoms with Crippen molar-refractivity contribution in [1.82, 2.24) is 9.88 Å². The van der Waals surface area contributed by atoms with Gasteiger partial charge in [0.1, 0.15) is 5.15 Å². The Morgan fingerprint density at radius 3 is 2.89 bits per heavy atom.